The van der Waals surface area contributed by atoms with E-state index in [4.69, 9.17) is 17.2 Å². The van der Waals surface area contributed by atoms with Crippen molar-refractivity contribution in [2.45, 2.75) is 83.0 Å². The number of primary amides is 1. The van der Waals surface area contributed by atoms with Gasteiger partial charge in [-0.25, -0.2) is 4.79 Å². The van der Waals surface area contributed by atoms with Crippen molar-refractivity contribution in [2.24, 2.45) is 23.1 Å². The Kier molecular flexibility index (Phi) is 14.5. The topological polar surface area (TPSA) is 240 Å². The Labute approximate surface area is 228 Å². The first-order valence-electron chi connectivity index (χ1n) is 13.0. The maximum absolute atomic E-state index is 13.2. The summed E-state index contributed by atoms with van der Waals surface area (Å²) in [5.74, 6) is -3.97. The van der Waals surface area contributed by atoms with Crippen LogP contribution in [0.3, 0.4) is 0 Å². The summed E-state index contributed by atoms with van der Waals surface area (Å²) in [6.45, 7) is 3.98. The molecule has 13 nitrogen and oxygen atoms in total. The first-order valence-corrected chi connectivity index (χ1v) is 13.0. The molecule has 218 valence electrons. The number of carbonyl (C=O) groups is 5. The summed E-state index contributed by atoms with van der Waals surface area (Å²) >= 11 is 0. The standard InChI is InChI=1S/C26H42N6O7/c1-15(2)13-21(26(38)39)32-25(37)20(10-11-22(29)34)31-24(36)19(5-3-4-12-27)30-23(35)18(28)14-16-6-8-17(33)9-7-16/h6-9,15,18-21,33H,3-5,10-14,27-28H2,1-2H3,(H2,29,34)(H,30,35)(H,31,36)(H,32,37)(H,38,39). The summed E-state index contributed by atoms with van der Waals surface area (Å²) in [5.41, 5.74) is 17.5. The number of amides is 4. The molecule has 0 saturated carbocycles. The normalized spacial score (nSPS) is 14.1. The molecule has 11 N–H and O–H groups in total. The van der Waals surface area contributed by atoms with E-state index in [1.54, 1.807) is 26.0 Å². The molecule has 4 unspecified atom stereocenters. The molecule has 0 aromatic heterocycles. The Bertz CT molecular complexity index is 970. The number of hydrogen-bond donors (Lipinski definition) is 8. The smallest absolute Gasteiger partial charge is 0.326 e. The number of aromatic hydroxyl groups is 1. The Hall–Kier alpha value is -3.71. The van der Waals surface area contributed by atoms with Crippen LogP contribution in [0.15, 0.2) is 24.3 Å². The van der Waals surface area contributed by atoms with Crippen LogP contribution in [0.5, 0.6) is 5.75 Å². The maximum Gasteiger partial charge on any atom is 0.326 e. The largest absolute Gasteiger partial charge is 0.508 e. The average Bonchev–Trinajstić information content (AvgIpc) is 2.86. The fourth-order valence-electron chi connectivity index (χ4n) is 3.81. The zero-order chi connectivity index (χ0) is 29.5. The number of carbonyl (C=O) groups excluding carboxylic acids is 4. The molecule has 0 heterocycles. The third-order valence-corrected chi connectivity index (χ3v) is 5.94. The van der Waals surface area contributed by atoms with Crippen LogP contribution >= 0.6 is 0 Å². The molecule has 0 aliphatic rings. The Morgan fingerprint density at radius 2 is 1.38 bits per heavy atom. The highest BCUT2D eigenvalue weighted by atomic mass is 16.4. The minimum atomic E-state index is -1.27. The van der Waals surface area contributed by atoms with Gasteiger partial charge >= 0.3 is 5.97 Å². The number of unbranched alkanes of at least 4 members (excludes halogenated alkanes) is 1. The van der Waals surface area contributed by atoms with Crippen molar-refractivity contribution in [1.29, 1.82) is 0 Å². The number of carboxylic acid groups (broad SMARTS) is 1. The molecule has 0 fully saturated rings. The van der Waals surface area contributed by atoms with E-state index in [0.717, 1.165) is 0 Å². The molecule has 39 heavy (non-hydrogen) atoms. The van der Waals surface area contributed by atoms with Crippen molar-refractivity contribution in [3.63, 3.8) is 0 Å². The number of phenols is 1. The fraction of sp³-hybridized carbons (Fsp3) is 0.577. The van der Waals surface area contributed by atoms with E-state index in [2.05, 4.69) is 16.0 Å². The van der Waals surface area contributed by atoms with E-state index in [1.165, 1.54) is 12.1 Å². The van der Waals surface area contributed by atoms with Gasteiger partial charge in [-0.15, -0.1) is 0 Å². The monoisotopic (exact) mass is 550 g/mol. The zero-order valence-corrected chi connectivity index (χ0v) is 22.5. The molecule has 0 saturated heterocycles. The van der Waals surface area contributed by atoms with Gasteiger partial charge in [0.2, 0.25) is 23.6 Å². The molecule has 0 radical (unpaired) electrons. The predicted molar refractivity (Wildman–Crippen MR) is 144 cm³/mol. The predicted octanol–water partition coefficient (Wildman–Crippen LogP) is -0.758. The average molecular weight is 551 g/mol. The van der Waals surface area contributed by atoms with Gasteiger partial charge in [-0.2, -0.15) is 0 Å². The SMILES string of the molecule is CC(C)CC(NC(=O)C(CCC(N)=O)NC(=O)C(CCCCN)NC(=O)C(N)Cc1ccc(O)cc1)C(=O)O. The molecule has 1 aromatic rings. The van der Waals surface area contributed by atoms with Gasteiger partial charge in [0.1, 0.15) is 23.9 Å². The molecule has 0 bridgehead atoms. The van der Waals surface area contributed by atoms with E-state index >= 15 is 0 Å². The van der Waals surface area contributed by atoms with Gasteiger partial charge in [0.25, 0.3) is 0 Å². The lowest BCUT2D eigenvalue weighted by atomic mass is 10.0. The van der Waals surface area contributed by atoms with E-state index < -0.39 is 53.8 Å². The second-order valence-corrected chi connectivity index (χ2v) is 9.92. The van der Waals surface area contributed by atoms with Crippen molar-refractivity contribution in [1.82, 2.24) is 16.0 Å². The van der Waals surface area contributed by atoms with Crippen LogP contribution in [-0.4, -0.2) is 70.5 Å². The highest BCUT2D eigenvalue weighted by Crippen LogP contribution is 2.12. The maximum atomic E-state index is 13.2. The molecular weight excluding hydrogens is 508 g/mol. The number of carboxylic acids is 1. The third-order valence-electron chi connectivity index (χ3n) is 5.94. The first kappa shape index (κ1) is 33.3. The van der Waals surface area contributed by atoms with Gasteiger partial charge < -0.3 is 43.4 Å². The van der Waals surface area contributed by atoms with Gasteiger partial charge in [-0.3, -0.25) is 19.2 Å². The van der Waals surface area contributed by atoms with Crippen LogP contribution in [0.4, 0.5) is 0 Å². The van der Waals surface area contributed by atoms with Gasteiger partial charge in [0.05, 0.1) is 6.04 Å². The van der Waals surface area contributed by atoms with Crippen molar-refractivity contribution in [2.75, 3.05) is 6.54 Å². The summed E-state index contributed by atoms with van der Waals surface area (Å²) in [7, 11) is 0. The lowest BCUT2D eigenvalue weighted by Gasteiger charge is -2.25. The summed E-state index contributed by atoms with van der Waals surface area (Å²) in [5, 5.41) is 26.5. The van der Waals surface area contributed by atoms with Gasteiger partial charge in [0.15, 0.2) is 0 Å². The Balaban J connectivity index is 3.01. The van der Waals surface area contributed by atoms with Crippen molar-refractivity contribution < 1.29 is 34.2 Å². The molecule has 1 aromatic carbocycles. The summed E-state index contributed by atoms with van der Waals surface area (Å²) in [6, 6.07) is 1.67. The minimum Gasteiger partial charge on any atom is -0.508 e. The second kappa shape index (κ2) is 17.0. The fourth-order valence-corrected chi connectivity index (χ4v) is 3.81. The molecule has 4 atom stereocenters. The number of nitrogens with one attached hydrogen (secondary N) is 3. The molecule has 0 spiro atoms. The van der Waals surface area contributed by atoms with Crippen LogP contribution in [0, 0.1) is 5.92 Å². The minimum absolute atomic E-state index is 0.0296. The zero-order valence-electron chi connectivity index (χ0n) is 22.5. The lowest BCUT2D eigenvalue weighted by Crippen LogP contribution is -2.57. The van der Waals surface area contributed by atoms with Crippen LogP contribution in [0.25, 0.3) is 0 Å². The van der Waals surface area contributed by atoms with Gasteiger partial charge in [0, 0.05) is 6.42 Å². The molecule has 4 amide bonds. The van der Waals surface area contributed by atoms with E-state index in [9.17, 15) is 34.2 Å². The summed E-state index contributed by atoms with van der Waals surface area (Å²) in [6.07, 6.45) is 1.20. The summed E-state index contributed by atoms with van der Waals surface area (Å²) in [4.78, 5) is 62.0. The first-order chi connectivity index (χ1) is 18.3. The Morgan fingerprint density at radius 1 is 0.846 bits per heavy atom. The highest BCUT2D eigenvalue weighted by Gasteiger charge is 2.30. The number of nitrogens with two attached hydrogens (primary N) is 3. The Morgan fingerprint density at radius 3 is 1.90 bits per heavy atom. The number of benzene rings is 1. The quantitative estimate of drug-likeness (QED) is 0.107. The molecular formula is C26H42N6O7. The van der Waals surface area contributed by atoms with E-state index in [1.807, 2.05) is 0 Å². The molecule has 13 heteroatoms. The second-order valence-electron chi connectivity index (χ2n) is 9.92. The molecule has 0 aliphatic carbocycles. The lowest BCUT2D eigenvalue weighted by molar-refractivity contribution is -0.143. The molecule has 0 aliphatic heterocycles. The van der Waals surface area contributed by atoms with Crippen molar-refractivity contribution in [3.05, 3.63) is 29.8 Å². The van der Waals surface area contributed by atoms with Gasteiger partial charge in [-0.05, 0) is 68.7 Å². The van der Waals surface area contributed by atoms with Crippen LogP contribution in [-0.2, 0) is 30.4 Å². The van der Waals surface area contributed by atoms with E-state index in [0.29, 0.717) is 24.9 Å². The number of rotatable bonds is 18. The summed E-state index contributed by atoms with van der Waals surface area (Å²) < 4.78 is 0. The van der Waals surface area contributed by atoms with Crippen molar-refractivity contribution >= 4 is 29.6 Å². The van der Waals surface area contributed by atoms with Crippen LogP contribution in [0.2, 0.25) is 0 Å². The van der Waals surface area contributed by atoms with Gasteiger partial charge in [-0.1, -0.05) is 26.0 Å². The highest BCUT2D eigenvalue weighted by molar-refractivity contribution is 5.94. The number of aliphatic carboxylic acids is 1. The molecule has 1 rings (SSSR count). The van der Waals surface area contributed by atoms with Crippen LogP contribution < -0.4 is 33.2 Å². The van der Waals surface area contributed by atoms with Crippen molar-refractivity contribution in [3.8, 4) is 5.75 Å². The third kappa shape index (κ3) is 13.1. The van der Waals surface area contributed by atoms with Crippen LogP contribution in [0.1, 0.15) is 57.9 Å². The van der Waals surface area contributed by atoms with E-state index in [-0.39, 0.29) is 43.8 Å². The number of hydrogen-bond acceptors (Lipinski definition) is 8. The number of phenolic OH excluding ortho intramolecular Hbond substituents is 1.